The maximum atomic E-state index is 14.4. The summed E-state index contributed by atoms with van der Waals surface area (Å²) < 4.78 is 17.3. The number of nitrogens with zero attached hydrogens (tertiary/aromatic N) is 2. The van der Waals surface area contributed by atoms with Gasteiger partial charge in [0.25, 0.3) is 5.54 Å². The smallest absolute Gasteiger partial charge is 0.269 e. The van der Waals surface area contributed by atoms with Crippen LogP contribution in [0.15, 0.2) is 137 Å². The third kappa shape index (κ3) is 3.78. The fourth-order valence-electron chi connectivity index (χ4n) is 5.36. The maximum absolute atomic E-state index is 14.4. The van der Waals surface area contributed by atoms with Gasteiger partial charge in [-0.3, -0.25) is 0 Å². The van der Waals surface area contributed by atoms with Crippen molar-refractivity contribution in [3.8, 4) is 0 Å². The minimum atomic E-state index is -0.795. The van der Waals surface area contributed by atoms with E-state index in [1.807, 2.05) is 36.4 Å². The summed E-state index contributed by atoms with van der Waals surface area (Å²) in [7, 11) is 0. The normalized spacial score (nSPS) is 14.8. The zero-order chi connectivity index (χ0) is 25.4. The van der Waals surface area contributed by atoms with Crippen LogP contribution in [0, 0.1) is 5.82 Å². The zero-order valence-corrected chi connectivity index (χ0v) is 21.5. The van der Waals surface area contributed by atoms with Crippen molar-refractivity contribution < 1.29 is 9.09 Å². The van der Waals surface area contributed by atoms with Crippen LogP contribution in [-0.2, 0) is 5.54 Å². The van der Waals surface area contributed by atoms with Crippen LogP contribution in [0.3, 0.4) is 0 Å². The number of halogens is 2. The van der Waals surface area contributed by atoms with Crippen molar-refractivity contribution in [2.24, 2.45) is 5.11 Å². The molecule has 37 heavy (non-hydrogen) atoms. The Morgan fingerprint density at radius 3 is 1.76 bits per heavy atom. The van der Waals surface area contributed by atoms with Crippen LogP contribution < -0.4 is 5.73 Å². The summed E-state index contributed by atoms with van der Waals surface area (Å²) in [5.74, 6) is -0.298. The van der Waals surface area contributed by atoms with Gasteiger partial charge in [-0.25, -0.2) is 4.39 Å². The van der Waals surface area contributed by atoms with Gasteiger partial charge in [0.15, 0.2) is 6.04 Å². The van der Waals surface area contributed by atoms with Gasteiger partial charge in [-0.15, -0.1) is 0 Å². The molecule has 0 saturated carbocycles. The first-order valence-corrected chi connectivity index (χ1v) is 12.9. The Kier molecular flexibility index (Phi) is 5.93. The van der Waals surface area contributed by atoms with E-state index in [9.17, 15) is 4.39 Å². The largest absolute Gasteiger partial charge is 0.398 e. The standard InChI is InChI=1S/C32H24BrFN3/c33-30-27(35)19-20-28-29(30)31(22-11-10-18-26(34)21-22)36-37(28)32(23-12-4-1-5-13-23,24-14-6-2-7-15-24)25-16-8-3-9-17-25/h1-21,31H,35H2/q+1. The van der Waals surface area contributed by atoms with Gasteiger partial charge in [-0.05, 0) is 44.8 Å². The molecule has 180 valence electrons. The molecule has 5 aromatic rings. The van der Waals surface area contributed by atoms with Crippen molar-refractivity contribution in [2.75, 3.05) is 5.73 Å². The van der Waals surface area contributed by atoms with Gasteiger partial charge in [0.1, 0.15) is 5.82 Å². The summed E-state index contributed by atoms with van der Waals surface area (Å²) >= 11 is 3.75. The lowest BCUT2D eigenvalue weighted by atomic mass is 9.76. The maximum Gasteiger partial charge on any atom is 0.269 e. The van der Waals surface area contributed by atoms with E-state index in [1.54, 1.807) is 12.1 Å². The summed E-state index contributed by atoms with van der Waals surface area (Å²) in [5.41, 5.74) is 12.0. The highest BCUT2D eigenvalue weighted by Gasteiger charge is 2.54. The SMILES string of the molecule is Nc1ccc2c(c1Br)C(c1cccc(F)c1)N=[N+]2C(c1ccccc1)(c1ccccc1)c1ccccc1. The van der Waals surface area contributed by atoms with Gasteiger partial charge in [0, 0.05) is 28.4 Å². The average molecular weight is 549 g/mol. The van der Waals surface area contributed by atoms with Crippen LogP contribution in [0.2, 0.25) is 0 Å². The topological polar surface area (TPSA) is 41.4 Å². The Morgan fingerprint density at radius 2 is 1.24 bits per heavy atom. The van der Waals surface area contributed by atoms with E-state index in [0.29, 0.717) is 5.69 Å². The fraction of sp³-hybridized carbons (Fsp3) is 0.0625. The van der Waals surface area contributed by atoms with Crippen molar-refractivity contribution in [2.45, 2.75) is 11.6 Å². The van der Waals surface area contributed by atoms with Gasteiger partial charge < -0.3 is 5.73 Å². The van der Waals surface area contributed by atoms with E-state index in [0.717, 1.165) is 38.0 Å². The highest BCUT2D eigenvalue weighted by Crippen LogP contribution is 2.53. The molecule has 1 aliphatic rings. The Morgan fingerprint density at radius 1 is 0.703 bits per heavy atom. The number of rotatable bonds is 5. The zero-order valence-electron chi connectivity index (χ0n) is 19.9. The number of nitrogen functional groups attached to an aromatic ring is 1. The Balaban J connectivity index is 1.75. The molecule has 0 saturated heterocycles. The highest BCUT2D eigenvalue weighted by molar-refractivity contribution is 9.10. The summed E-state index contributed by atoms with van der Waals surface area (Å²) in [6.45, 7) is 0. The van der Waals surface area contributed by atoms with Gasteiger partial charge in [0.2, 0.25) is 5.69 Å². The number of benzene rings is 5. The van der Waals surface area contributed by atoms with Gasteiger partial charge in [-0.2, -0.15) is 0 Å². The first-order valence-electron chi connectivity index (χ1n) is 12.1. The molecule has 0 spiro atoms. The molecule has 1 unspecified atom stereocenters. The average Bonchev–Trinajstić information content (AvgIpc) is 3.34. The molecule has 5 aromatic carbocycles. The number of hydrogen-bond acceptors (Lipinski definition) is 2. The van der Waals surface area contributed by atoms with Gasteiger partial charge in [-0.1, -0.05) is 108 Å². The van der Waals surface area contributed by atoms with E-state index in [-0.39, 0.29) is 5.82 Å². The Bertz CT molecular complexity index is 1510. The number of anilines is 1. The molecule has 0 aliphatic carbocycles. The molecule has 0 bridgehead atoms. The summed E-state index contributed by atoms with van der Waals surface area (Å²) in [4.78, 5) is 0. The first kappa shape index (κ1) is 23.3. The molecular formula is C32H24BrFN3+. The predicted molar refractivity (Wildman–Crippen MR) is 148 cm³/mol. The highest BCUT2D eigenvalue weighted by atomic mass is 79.9. The number of azo groups is 2. The van der Waals surface area contributed by atoms with Gasteiger partial charge in [0.05, 0.1) is 10.0 Å². The molecule has 3 nitrogen and oxygen atoms in total. The molecule has 0 amide bonds. The number of hydrogen-bond donors (Lipinski definition) is 1. The molecule has 1 heterocycles. The number of nitrogens with two attached hydrogens (primary N) is 1. The van der Waals surface area contributed by atoms with E-state index >= 15 is 0 Å². The van der Waals surface area contributed by atoms with Crippen molar-refractivity contribution in [3.05, 3.63) is 166 Å². The minimum absolute atomic E-state index is 0.298. The third-order valence-corrected chi connectivity index (χ3v) is 7.86. The minimum Gasteiger partial charge on any atom is -0.398 e. The third-order valence-electron chi connectivity index (χ3n) is 6.98. The van der Waals surface area contributed by atoms with Crippen LogP contribution >= 0.6 is 15.9 Å². The van der Waals surface area contributed by atoms with Crippen molar-refractivity contribution in [1.82, 2.24) is 0 Å². The second-order valence-corrected chi connectivity index (χ2v) is 9.89. The molecule has 1 aliphatic heterocycles. The van der Waals surface area contributed by atoms with E-state index < -0.39 is 11.6 Å². The van der Waals surface area contributed by atoms with Gasteiger partial charge >= 0.3 is 0 Å². The van der Waals surface area contributed by atoms with Crippen LogP contribution in [0.25, 0.3) is 0 Å². The molecule has 0 aromatic heterocycles. The van der Waals surface area contributed by atoms with E-state index in [1.165, 1.54) is 6.07 Å². The van der Waals surface area contributed by atoms with Crippen molar-refractivity contribution >= 4 is 27.3 Å². The van der Waals surface area contributed by atoms with Crippen LogP contribution in [0.1, 0.15) is 33.9 Å². The van der Waals surface area contributed by atoms with Crippen LogP contribution in [0.4, 0.5) is 15.8 Å². The molecular weight excluding hydrogens is 525 g/mol. The van der Waals surface area contributed by atoms with E-state index in [4.69, 9.17) is 10.8 Å². The molecule has 1 atom stereocenters. The first-order chi connectivity index (χ1) is 18.1. The van der Waals surface area contributed by atoms with Crippen molar-refractivity contribution in [1.29, 1.82) is 0 Å². The lowest BCUT2D eigenvalue weighted by Gasteiger charge is -2.29. The van der Waals surface area contributed by atoms with Crippen molar-refractivity contribution in [3.63, 3.8) is 0 Å². The monoisotopic (exact) mass is 548 g/mol. The lowest BCUT2D eigenvalue weighted by molar-refractivity contribution is -0.578. The molecule has 2 N–H and O–H groups in total. The Labute approximate surface area is 223 Å². The quantitative estimate of drug-likeness (QED) is 0.134. The molecule has 0 radical (unpaired) electrons. The number of fused-ring (bicyclic) bond motifs is 1. The van der Waals surface area contributed by atoms with E-state index in [2.05, 4.69) is 93.4 Å². The summed E-state index contributed by atoms with van der Waals surface area (Å²) in [6.07, 6.45) is 0. The summed E-state index contributed by atoms with van der Waals surface area (Å²) in [5, 5.41) is 5.35. The van der Waals surface area contributed by atoms with Crippen LogP contribution in [-0.4, -0.2) is 4.70 Å². The molecule has 6 rings (SSSR count). The van der Waals surface area contributed by atoms with Crippen LogP contribution in [0.5, 0.6) is 0 Å². The predicted octanol–water partition coefficient (Wildman–Crippen LogP) is 8.36. The molecule has 0 fully saturated rings. The Hall–Kier alpha value is -4.09. The lowest BCUT2D eigenvalue weighted by Crippen LogP contribution is -2.38. The molecule has 5 heteroatoms. The summed E-state index contributed by atoms with van der Waals surface area (Å²) in [6, 6.07) is 41.3. The fourth-order valence-corrected chi connectivity index (χ4v) is 5.91. The second-order valence-electron chi connectivity index (χ2n) is 9.09. The second kappa shape index (κ2) is 9.41.